The third-order valence-electron chi connectivity index (χ3n) is 5.03. The molecule has 15 heavy (non-hydrogen) atoms. The van der Waals surface area contributed by atoms with Crippen LogP contribution in [0.25, 0.3) is 0 Å². The zero-order chi connectivity index (χ0) is 10.9. The van der Waals surface area contributed by atoms with Crippen LogP contribution in [-0.4, -0.2) is 13.1 Å². The molecule has 0 radical (unpaired) electrons. The lowest BCUT2D eigenvalue weighted by Crippen LogP contribution is -2.27. The van der Waals surface area contributed by atoms with E-state index in [0.29, 0.717) is 10.8 Å². The van der Waals surface area contributed by atoms with Crippen molar-refractivity contribution in [2.24, 2.45) is 16.7 Å². The average molecular weight is 207 g/mol. The minimum Gasteiger partial charge on any atom is -0.317 e. The summed E-state index contributed by atoms with van der Waals surface area (Å²) in [4.78, 5) is 0. The normalized spacial score (nSPS) is 40.3. The molecule has 3 rings (SSSR count). The molecule has 2 aliphatic carbocycles. The first-order valence-corrected chi connectivity index (χ1v) is 6.46. The third-order valence-corrected chi connectivity index (χ3v) is 5.03. The first-order valence-electron chi connectivity index (χ1n) is 6.46. The summed E-state index contributed by atoms with van der Waals surface area (Å²) in [7, 11) is 0. The van der Waals surface area contributed by atoms with Crippen LogP contribution >= 0.6 is 0 Å². The molecule has 2 unspecified atom stereocenters. The molecular formula is C14H25N. The Morgan fingerprint density at radius 2 is 1.80 bits per heavy atom. The van der Waals surface area contributed by atoms with Crippen LogP contribution in [0.4, 0.5) is 0 Å². The molecule has 0 aromatic heterocycles. The zero-order valence-electron chi connectivity index (χ0n) is 10.5. The molecule has 1 heterocycles. The van der Waals surface area contributed by atoms with Gasteiger partial charge in [-0.15, -0.1) is 0 Å². The van der Waals surface area contributed by atoms with E-state index < -0.39 is 0 Å². The van der Waals surface area contributed by atoms with Crippen LogP contribution in [0.2, 0.25) is 0 Å². The third kappa shape index (κ3) is 1.87. The Morgan fingerprint density at radius 1 is 1.13 bits per heavy atom. The highest BCUT2D eigenvalue weighted by Crippen LogP contribution is 2.61. The van der Waals surface area contributed by atoms with Gasteiger partial charge in [-0.2, -0.15) is 0 Å². The smallest absolute Gasteiger partial charge is 0.00484 e. The van der Waals surface area contributed by atoms with Crippen molar-refractivity contribution >= 4 is 0 Å². The van der Waals surface area contributed by atoms with Crippen LogP contribution in [0.15, 0.2) is 12.2 Å². The Morgan fingerprint density at radius 3 is 1.93 bits per heavy atom. The molecule has 3 aliphatic rings. The highest BCUT2D eigenvalue weighted by molar-refractivity contribution is 5.22. The Hall–Kier alpha value is -0.300. The summed E-state index contributed by atoms with van der Waals surface area (Å²) in [6.45, 7) is 9.71. The fourth-order valence-corrected chi connectivity index (χ4v) is 3.15. The molecule has 0 spiro atoms. The molecule has 1 aliphatic heterocycles. The molecule has 1 saturated carbocycles. The summed E-state index contributed by atoms with van der Waals surface area (Å²) in [5.41, 5.74) is 1.07. The van der Waals surface area contributed by atoms with Crippen molar-refractivity contribution in [1.29, 1.82) is 0 Å². The fraction of sp³-hybridized carbons (Fsp3) is 0.857. The Kier molecular flexibility index (Phi) is 2.94. The molecule has 1 N–H and O–H groups in total. The molecule has 1 nitrogen and oxygen atoms in total. The van der Waals surface area contributed by atoms with Crippen molar-refractivity contribution < 1.29 is 0 Å². The van der Waals surface area contributed by atoms with Gasteiger partial charge in [0, 0.05) is 0 Å². The van der Waals surface area contributed by atoms with Crippen LogP contribution in [0.5, 0.6) is 0 Å². The quantitative estimate of drug-likeness (QED) is 0.601. The second-order valence-electron chi connectivity index (χ2n) is 6.10. The number of nitrogens with one attached hydrogen (secondary N) is 1. The van der Waals surface area contributed by atoms with Gasteiger partial charge < -0.3 is 5.32 Å². The van der Waals surface area contributed by atoms with Crippen molar-refractivity contribution in [3.63, 3.8) is 0 Å². The second kappa shape index (κ2) is 3.93. The first-order chi connectivity index (χ1) is 7.06. The van der Waals surface area contributed by atoms with E-state index in [1.807, 2.05) is 0 Å². The summed E-state index contributed by atoms with van der Waals surface area (Å²) in [6, 6.07) is 0. The maximum Gasteiger partial charge on any atom is -0.00484 e. The summed E-state index contributed by atoms with van der Waals surface area (Å²) >= 11 is 0. The lowest BCUT2D eigenvalue weighted by atomic mass is 9.71. The molecule has 2 fully saturated rings. The fourth-order valence-electron chi connectivity index (χ4n) is 3.15. The summed E-state index contributed by atoms with van der Waals surface area (Å²) in [5.74, 6) is 0.873. The Balaban J connectivity index is 0.000000144. The molecule has 0 aromatic carbocycles. The van der Waals surface area contributed by atoms with Gasteiger partial charge in [-0.3, -0.25) is 0 Å². The van der Waals surface area contributed by atoms with Crippen molar-refractivity contribution in [2.45, 2.75) is 46.5 Å². The Bertz CT molecular complexity index is 242. The topological polar surface area (TPSA) is 12.0 Å². The van der Waals surface area contributed by atoms with Crippen molar-refractivity contribution in [3.8, 4) is 0 Å². The van der Waals surface area contributed by atoms with Gasteiger partial charge in [0.2, 0.25) is 0 Å². The number of hydrogen-bond donors (Lipinski definition) is 1. The van der Waals surface area contributed by atoms with Crippen LogP contribution in [0, 0.1) is 16.7 Å². The predicted octanol–water partition coefficient (Wildman–Crippen LogP) is 3.37. The van der Waals surface area contributed by atoms with Crippen molar-refractivity contribution in [1.82, 2.24) is 5.32 Å². The van der Waals surface area contributed by atoms with Gasteiger partial charge in [0.1, 0.15) is 0 Å². The zero-order valence-corrected chi connectivity index (χ0v) is 10.5. The molecule has 86 valence electrons. The Labute approximate surface area is 94.3 Å². The standard InChI is InChI=1S/C10H16.C4H9N/c1-9(2)8-4-6-10(9,3)7-5-8;1-2-4-5-3-1/h4,6,8H,5,7H2,1-3H3;5H,1-4H2. The summed E-state index contributed by atoms with van der Waals surface area (Å²) in [5, 5.41) is 3.22. The molecule has 1 heteroatoms. The predicted molar refractivity (Wildman–Crippen MR) is 65.9 cm³/mol. The van der Waals surface area contributed by atoms with Crippen LogP contribution in [-0.2, 0) is 0 Å². The number of rotatable bonds is 0. The highest BCUT2D eigenvalue weighted by Gasteiger charge is 2.52. The monoisotopic (exact) mass is 207 g/mol. The molecule has 2 bridgehead atoms. The molecule has 0 aromatic rings. The van der Waals surface area contributed by atoms with E-state index >= 15 is 0 Å². The van der Waals surface area contributed by atoms with E-state index in [2.05, 4.69) is 38.2 Å². The maximum absolute atomic E-state index is 3.22. The van der Waals surface area contributed by atoms with Gasteiger partial charge in [0.05, 0.1) is 0 Å². The number of fused-ring (bicyclic) bond motifs is 2. The van der Waals surface area contributed by atoms with E-state index in [0.717, 1.165) is 5.92 Å². The SMILES string of the molecule is C1CCNC1.CC12C=CC(CC1)C2(C)C. The molecular weight excluding hydrogens is 182 g/mol. The van der Waals surface area contributed by atoms with Gasteiger partial charge in [-0.25, -0.2) is 0 Å². The second-order valence-corrected chi connectivity index (χ2v) is 6.10. The van der Waals surface area contributed by atoms with E-state index in [4.69, 9.17) is 0 Å². The first kappa shape index (κ1) is 11.2. The van der Waals surface area contributed by atoms with Crippen molar-refractivity contribution in [2.75, 3.05) is 13.1 Å². The largest absolute Gasteiger partial charge is 0.317 e. The minimum absolute atomic E-state index is 0.525. The van der Waals surface area contributed by atoms with E-state index in [1.54, 1.807) is 0 Å². The summed E-state index contributed by atoms with van der Waals surface area (Å²) < 4.78 is 0. The molecule has 0 amide bonds. The van der Waals surface area contributed by atoms with E-state index in [1.165, 1.54) is 38.8 Å². The lowest BCUT2D eigenvalue weighted by molar-refractivity contribution is 0.182. The average Bonchev–Trinajstić information content (AvgIpc) is 2.85. The maximum atomic E-state index is 3.22. The summed E-state index contributed by atoms with van der Waals surface area (Å²) in [6.07, 6.45) is 10.5. The minimum atomic E-state index is 0.525. The van der Waals surface area contributed by atoms with E-state index in [-0.39, 0.29) is 0 Å². The van der Waals surface area contributed by atoms with Crippen LogP contribution in [0.3, 0.4) is 0 Å². The van der Waals surface area contributed by atoms with Gasteiger partial charge >= 0.3 is 0 Å². The van der Waals surface area contributed by atoms with Gasteiger partial charge in [-0.1, -0.05) is 32.9 Å². The number of hydrogen-bond acceptors (Lipinski definition) is 1. The number of allylic oxidation sites excluding steroid dienone is 2. The van der Waals surface area contributed by atoms with Crippen LogP contribution in [0.1, 0.15) is 46.5 Å². The van der Waals surface area contributed by atoms with Gasteiger partial charge in [0.15, 0.2) is 0 Å². The van der Waals surface area contributed by atoms with Gasteiger partial charge in [-0.05, 0) is 55.5 Å². The molecule has 1 saturated heterocycles. The highest BCUT2D eigenvalue weighted by atomic mass is 14.9. The van der Waals surface area contributed by atoms with Crippen molar-refractivity contribution in [3.05, 3.63) is 12.2 Å². The van der Waals surface area contributed by atoms with E-state index in [9.17, 15) is 0 Å². The molecule has 2 atom stereocenters. The van der Waals surface area contributed by atoms with Crippen LogP contribution < -0.4 is 5.32 Å². The van der Waals surface area contributed by atoms with Gasteiger partial charge in [0.25, 0.3) is 0 Å². The lowest BCUT2D eigenvalue weighted by Gasteiger charge is -2.33.